The molecule has 1 atom stereocenters. The van der Waals surface area contributed by atoms with E-state index in [1.165, 1.54) is 7.11 Å². The van der Waals surface area contributed by atoms with Crippen LogP contribution in [-0.2, 0) is 0 Å². The Labute approximate surface area is 119 Å². The minimum Gasteiger partial charge on any atom is -0.496 e. The molecule has 2 rings (SSSR count). The monoisotopic (exact) mass is 302 g/mol. The second-order valence-corrected chi connectivity index (χ2v) is 4.79. The Morgan fingerprint density at radius 3 is 2.47 bits per heavy atom. The Balaban J connectivity index is 2.49. The second kappa shape index (κ2) is 5.76. The molecule has 0 fully saturated rings. The Morgan fingerprint density at radius 2 is 1.79 bits per heavy atom. The molecule has 100 valence electrons. The molecule has 1 unspecified atom stereocenters. The molecule has 0 aliphatic rings. The van der Waals surface area contributed by atoms with E-state index in [4.69, 9.17) is 27.9 Å². The van der Waals surface area contributed by atoms with Crippen molar-refractivity contribution < 1.29 is 13.5 Å². The highest BCUT2D eigenvalue weighted by atomic mass is 35.5. The smallest absolute Gasteiger partial charge is 0.128 e. The second-order valence-electron chi connectivity index (χ2n) is 3.91. The van der Waals surface area contributed by atoms with Crippen LogP contribution in [0, 0.1) is 11.6 Å². The maximum Gasteiger partial charge on any atom is 0.128 e. The highest BCUT2D eigenvalue weighted by Crippen LogP contribution is 2.37. The number of hydrogen-bond acceptors (Lipinski definition) is 1. The summed E-state index contributed by atoms with van der Waals surface area (Å²) in [6.45, 7) is 0. The first-order valence-electron chi connectivity index (χ1n) is 5.45. The van der Waals surface area contributed by atoms with Gasteiger partial charge in [-0.15, -0.1) is 11.6 Å². The standard InChI is InChI=1S/C14H10Cl2F2O/c1-19-13-6-8(15)2-4-10(13)14(16)11-7-9(17)3-5-12(11)18/h2-7,14H,1H3. The summed E-state index contributed by atoms with van der Waals surface area (Å²) >= 11 is 12.1. The number of methoxy groups -OCH3 is 1. The van der Waals surface area contributed by atoms with E-state index in [0.717, 1.165) is 18.2 Å². The van der Waals surface area contributed by atoms with Gasteiger partial charge >= 0.3 is 0 Å². The Morgan fingerprint density at radius 1 is 1.05 bits per heavy atom. The lowest BCUT2D eigenvalue weighted by molar-refractivity contribution is 0.410. The van der Waals surface area contributed by atoms with Gasteiger partial charge in [-0.3, -0.25) is 0 Å². The third-order valence-electron chi connectivity index (χ3n) is 2.70. The fraction of sp³-hybridized carbons (Fsp3) is 0.143. The minimum absolute atomic E-state index is 0.0577. The molecule has 0 heterocycles. The number of benzene rings is 2. The van der Waals surface area contributed by atoms with E-state index in [2.05, 4.69) is 0 Å². The van der Waals surface area contributed by atoms with Gasteiger partial charge in [0.2, 0.25) is 0 Å². The van der Waals surface area contributed by atoms with Crippen LogP contribution in [0.15, 0.2) is 36.4 Å². The van der Waals surface area contributed by atoms with Gasteiger partial charge in [0.25, 0.3) is 0 Å². The molecule has 0 N–H and O–H groups in total. The quantitative estimate of drug-likeness (QED) is 0.729. The molecule has 0 aliphatic heterocycles. The van der Waals surface area contributed by atoms with Crippen molar-refractivity contribution in [2.75, 3.05) is 7.11 Å². The van der Waals surface area contributed by atoms with Gasteiger partial charge in [0.1, 0.15) is 17.4 Å². The van der Waals surface area contributed by atoms with Crippen LogP contribution in [0.4, 0.5) is 8.78 Å². The lowest BCUT2D eigenvalue weighted by Crippen LogP contribution is -2.00. The van der Waals surface area contributed by atoms with Gasteiger partial charge in [-0.05, 0) is 30.3 Å². The van der Waals surface area contributed by atoms with Gasteiger partial charge in [-0.2, -0.15) is 0 Å². The third-order valence-corrected chi connectivity index (χ3v) is 3.40. The molecule has 0 saturated carbocycles. The summed E-state index contributed by atoms with van der Waals surface area (Å²) < 4.78 is 32.0. The van der Waals surface area contributed by atoms with Crippen LogP contribution in [0.3, 0.4) is 0 Å². The maximum atomic E-state index is 13.7. The first-order valence-corrected chi connectivity index (χ1v) is 6.27. The summed E-state index contributed by atoms with van der Waals surface area (Å²) in [6.07, 6.45) is 0. The zero-order chi connectivity index (χ0) is 14.0. The van der Waals surface area contributed by atoms with Gasteiger partial charge in [0, 0.05) is 16.1 Å². The Kier molecular flexibility index (Phi) is 4.27. The molecule has 0 aliphatic carbocycles. The SMILES string of the molecule is COc1cc(Cl)ccc1C(Cl)c1cc(F)ccc1F. The fourth-order valence-electron chi connectivity index (χ4n) is 1.77. The zero-order valence-corrected chi connectivity index (χ0v) is 11.5. The molecule has 5 heteroatoms. The zero-order valence-electron chi connectivity index (χ0n) is 9.96. The van der Waals surface area contributed by atoms with Crippen molar-refractivity contribution in [3.63, 3.8) is 0 Å². The summed E-state index contributed by atoms with van der Waals surface area (Å²) in [7, 11) is 1.46. The number of halogens is 4. The fourth-order valence-corrected chi connectivity index (χ4v) is 2.28. The predicted octanol–water partition coefficient (Wildman–Crippen LogP) is 4.96. The van der Waals surface area contributed by atoms with Crippen molar-refractivity contribution in [2.24, 2.45) is 0 Å². The lowest BCUT2D eigenvalue weighted by Gasteiger charge is -2.15. The maximum absolute atomic E-state index is 13.7. The van der Waals surface area contributed by atoms with Crippen LogP contribution in [0.25, 0.3) is 0 Å². The Hall–Kier alpha value is -1.32. The summed E-state index contributed by atoms with van der Waals surface area (Å²) in [5.41, 5.74) is 0.584. The molecule has 0 amide bonds. The normalized spacial score (nSPS) is 12.3. The summed E-state index contributed by atoms with van der Waals surface area (Å²) in [4.78, 5) is 0. The summed E-state index contributed by atoms with van der Waals surface area (Å²) in [5.74, 6) is -0.690. The van der Waals surface area contributed by atoms with Crippen molar-refractivity contribution in [3.05, 3.63) is 64.2 Å². The number of ether oxygens (including phenoxy) is 1. The number of rotatable bonds is 3. The predicted molar refractivity (Wildman–Crippen MR) is 72.1 cm³/mol. The number of hydrogen-bond donors (Lipinski definition) is 0. The molecule has 0 spiro atoms. The third kappa shape index (κ3) is 2.99. The summed E-state index contributed by atoms with van der Waals surface area (Å²) in [6, 6.07) is 7.98. The van der Waals surface area contributed by atoms with E-state index < -0.39 is 17.0 Å². The van der Waals surface area contributed by atoms with Crippen molar-refractivity contribution in [1.29, 1.82) is 0 Å². The highest BCUT2D eigenvalue weighted by molar-refractivity contribution is 6.30. The molecular formula is C14H10Cl2F2O. The van der Waals surface area contributed by atoms with E-state index in [-0.39, 0.29) is 5.56 Å². The molecule has 19 heavy (non-hydrogen) atoms. The van der Waals surface area contributed by atoms with Crippen molar-refractivity contribution >= 4 is 23.2 Å². The van der Waals surface area contributed by atoms with Crippen LogP contribution in [0.1, 0.15) is 16.5 Å². The molecule has 0 bridgehead atoms. The molecular weight excluding hydrogens is 293 g/mol. The van der Waals surface area contributed by atoms with Crippen molar-refractivity contribution in [2.45, 2.75) is 5.38 Å². The van der Waals surface area contributed by atoms with Crippen LogP contribution in [0.5, 0.6) is 5.75 Å². The van der Waals surface area contributed by atoms with Crippen LogP contribution in [0.2, 0.25) is 5.02 Å². The summed E-state index contributed by atoms with van der Waals surface area (Å²) in [5, 5.41) is -0.382. The molecule has 0 radical (unpaired) electrons. The average molecular weight is 303 g/mol. The van der Waals surface area contributed by atoms with Gasteiger partial charge in [-0.1, -0.05) is 17.7 Å². The highest BCUT2D eigenvalue weighted by Gasteiger charge is 2.20. The van der Waals surface area contributed by atoms with E-state index in [1.54, 1.807) is 18.2 Å². The first-order chi connectivity index (χ1) is 9.02. The molecule has 2 aromatic carbocycles. The van der Waals surface area contributed by atoms with E-state index >= 15 is 0 Å². The molecule has 1 nitrogen and oxygen atoms in total. The molecule has 2 aromatic rings. The van der Waals surface area contributed by atoms with Crippen molar-refractivity contribution in [1.82, 2.24) is 0 Å². The molecule has 0 saturated heterocycles. The van der Waals surface area contributed by atoms with Gasteiger partial charge < -0.3 is 4.74 Å². The van der Waals surface area contributed by atoms with Crippen molar-refractivity contribution in [3.8, 4) is 5.75 Å². The van der Waals surface area contributed by atoms with Gasteiger partial charge in [-0.25, -0.2) is 8.78 Å². The minimum atomic E-state index is -0.858. The van der Waals surface area contributed by atoms with Crippen LogP contribution >= 0.6 is 23.2 Å². The van der Waals surface area contributed by atoms with E-state index in [0.29, 0.717) is 16.3 Å². The van der Waals surface area contributed by atoms with E-state index in [1.807, 2.05) is 0 Å². The topological polar surface area (TPSA) is 9.23 Å². The van der Waals surface area contributed by atoms with Crippen LogP contribution < -0.4 is 4.74 Å². The van der Waals surface area contributed by atoms with Gasteiger partial charge in [0.05, 0.1) is 12.5 Å². The first kappa shape index (κ1) is 14.1. The largest absolute Gasteiger partial charge is 0.496 e. The van der Waals surface area contributed by atoms with Gasteiger partial charge in [0.15, 0.2) is 0 Å². The number of alkyl halides is 1. The Bertz CT molecular complexity index is 602. The lowest BCUT2D eigenvalue weighted by atomic mass is 10.0. The molecule has 0 aromatic heterocycles. The van der Waals surface area contributed by atoms with E-state index in [9.17, 15) is 8.78 Å². The average Bonchev–Trinajstić information content (AvgIpc) is 2.40. The van der Waals surface area contributed by atoms with Crippen LogP contribution in [-0.4, -0.2) is 7.11 Å².